The third-order valence-corrected chi connectivity index (χ3v) is 9.18. The molecule has 0 amide bonds. The molecule has 6 rings (SSSR count). The second-order valence-corrected chi connectivity index (χ2v) is 11.7. The average Bonchev–Trinajstić information content (AvgIpc) is 3.03. The number of rotatable bonds is 10. The van der Waals surface area contributed by atoms with Crippen LogP contribution in [0, 0.1) is 0 Å². The van der Waals surface area contributed by atoms with Crippen LogP contribution in [-0.4, -0.2) is 0 Å². The Morgan fingerprint density at radius 2 is 0.854 bits per heavy atom. The molecule has 204 valence electrons. The molecular weight excluding hydrogens is 516 g/mol. The van der Waals surface area contributed by atoms with E-state index < -0.39 is 0 Å². The van der Waals surface area contributed by atoms with Gasteiger partial charge < -0.3 is 10.6 Å². The highest BCUT2D eigenvalue weighted by Crippen LogP contribution is 2.34. The van der Waals surface area contributed by atoms with Gasteiger partial charge in [0.1, 0.15) is 0 Å². The van der Waals surface area contributed by atoms with Crippen LogP contribution in [0.4, 0.5) is 0 Å². The maximum Gasteiger partial charge on any atom is 0.0301 e. The molecule has 0 aliphatic heterocycles. The lowest BCUT2D eigenvalue weighted by molar-refractivity contribution is 0.573. The molecule has 0 unspecified atom stereocenters. The fraction of sp³-hybridized carbons (Fsp3) is 0.158. The van der Waals surface area contributed by atoms with Crippen LogP contribution >= 0.6 is 11.8 Å². The van der Waals surface area contributed by atoms with Crippen molar-refractivity contribution < 1.29 is 0 Å². The highest BCUT2D eigenvalue weighted by molar-refractivity contribution is 7.99. The van der Waals surface area contributed by atoms with E-state index in [-0.39, 0.29) is 12.1 Å². The molecule has 0 bridgehead atoms. The van der Waals surface area contributed by atoms with Crippen LogP contribution in [0.1, 0.15) is 48.2 Å². The predicted octanol–water partition coefficient (Wildman–Crippen LogP) is 9.85. The van der Waals surface area contributed by atoms with Crippen LogP contribution in [0.25, 0.3) is 21.5 Å². The first-order valence-corrected chi connectivity index (χ1v) is 15.2. The Morgan fingerprint density at radius 1 is 0.463 bits per heavy atom. The average molecular weight is 553 g/mol. The number of hydrogen-bond donors (Lipinski definition) is 2. The van der Waals surface area contributed by atoms with Gasteiger partial charge in [0.15, 0.2) is 0 Å². The van der Waals surface area contributed by atoms with Gasteiger partial charge in [-0.05, 0) is 69.8 Å². The van der Waals surface area contributed by atoms with Gasteiger partial charge in [-0.1, -0.05) is 133 Å². The quantitative estimate of drug-likeness (QED) is 0.177. The first-order chi connectivity index (χ1) is 20.2. The molecule has 3 heteroatoms. The zero-order valence-corrected chi connectivity index (χ0v) is 24.5. The maximum absolute atomic E-state index is 3.80. The topological polar surface area (TPSA) is 24.1 Å². The van der Waals surface area contributed by atoms with Gasteiger partial charge in [0.2, 0.25) is 0 Å². The van der Waals surface area contributed by atoms with E-state index in [1.165, 1.54) is 53.6 Å². The summed E-state index contributed by atoms with van der Waals surface area (Å²) in [4.78, 5) is 2.58. The van der Waals surface area contributed by atoms with Gasteiger partial charge in [-0.3, -0.25) is 0 Å². The largest absolute Gasteiger partial charge is 0.306 e. The zero-order chi connectivity index (χ0) is 28.0. The van der Waals surface area contributed by atoms with E-state index in [9.17, 15) is 0 Å². The number of hydrogen-bond acceptors (Lipinski definition) is 3. The highest BCUT2D eigenvalue weighted by atomic mass is 32.2. The van der Waals surface area contributed by atoms with Crippen molar-refractivity contribution in [2.24, 2.45) is 0 Å². The molecule has 41 heavy (non-hydrogen) atoms. The fourth-order valence-corrected chi connectivity index (χ4v) is 6.69. The standard InChI is InChI=1S/C38H36N2S/c1-27(33-21-11-17-29-13-3-7-19-35(29)33)39-25-31-15-5-9-23-37(31)41-38-24-10-6-16-32(38)26-40-28(2)34-22-12-18-30-14-4-8-20-36(30)34/h3-24,27-28,39-40H,25-26H2,1-2H3/t27-,28-/m1/s1. The number of fused-ring (bicyclic) bond motifs is 2. The molecule has 0 aliphatic carbocycles. The van der Waals surface area contributed by atoms with Crippen molar-refractivity contribution in [2.75, 3.05) is 0 Å². The van der Waals surface area contributed by atoms with Crippen LogP contribution in [0.15, 0.2) is 143 Å². The SMILES string of the molecule is C[C@@H](NCc1ccccc1Sc1ccccc1CN[C@H](C)c1cccc2ccccc12)c1cccc2ccccc12. The Labute approximate surface area is 247 Å². The summed E-state index contributed by atoms with van der Waals surface area (Å²) in [6.45, 7) is 6.14. The maximum atomic E-state index is 3.80. The summed E-state index contributed by atoms with van der Waals surface area (Å²) in [7, 11) is 0. The van der Waals surface area contributed by atoms with Crippen LogP contribution in [0.2, 0.25) is 0 Å². The summed E-state index contributed by atoms with van der Waals surface area (Å²) in [6, 6.07) is 48.5. The lowest BCUT2D eigenvalue weighted by atomic mass is 9.99. The normalized spacial score (nSPS) is 12.9. The molecule has 2 nitrogen and oxygen atoms in total. The van der Waals surface area contributed by atoms with Crippen LogP contribution in [-0.2, 0) is 13.1 Å². The molecular formula is C38H36N2S. The van der Waals surface area contributed by atoms with Gasteiger partial charge in [0.25, 0.3) is 0 Å². The number of nitrogens with one attached hydrogen (secondary N) is 2. The minimum absolute atomic E-state index is 0.242. The number of benzene rings is 6. The van der Waals surface area contributed by atoms with Crippen LogP contribution in [0.5, 0.6) is 0 Å². The lowest BCUT2D eigenvalue weighted by Gasteiger charge is -2.19. The van der Waals surface area contributed by atoms with Gasteiger partial charge in [-0.15, -0.1) is 0 Å². The van der Waals surface area contributed by atoms with E-state index in [0.717, 1.165) is 13.1 Å². The van der Waals surface area contributed by atoms with E-state index in [2.05, 4.69) is 158 Å². The molecule has 0 aliphatic rings. The van der Waals surface area contributed by atoms with E-state index in [1.54, 1.807) is 0 Å². The van der Waals surface area contributed by atoms with Crippen molar-refractivity contribution >= 4 is 33.3 Å². The molecule has 2 atom stereocenters. The van der Waals surface area contributed by atoms with Crippen molar-refractivity contribution in [1.29, 1.82) is 0 Å². The minimum atomic E-state index is 0.242. The fourth-order valence-electron chi connectivity index (χ4n) is 5.62. The molecule has 0 aromatic heterocycles. The van der Waals surface area contributed by atoms with Gasteiger partial charge in [-0.25, -0.2) is 0 Å². The van der Waals surface area contributed by atoms with E-state index in [1.807, 2.05) is 11.8 Å². The van der Waals surface area contributed by atoms with Crippen molar-refractivity contribution in [2.45, 2.75) is 48.8 Å². The van der Waals surface area contributed by atoms with E-state index in [0.29, 0.717) is 0 Å². The molecule has 6 aromatic rings. The van der Waals surface area contributed by atoms with Crippen LogP contribution < -0.4 is 10.6 Å². The molecule has 0 saturated heterocycles. The second kappa shape index (κ2) is 12.7. The van der Waals surface area contributed by atoms with Crippen molar-refractivity contribution in [3.05, 3.63) is 156 Å². The minimum Gasteiger partial charge on any atom is -0.306 e. The predicted molar refractivity (Wildman–Crippen MR) is 175 cm³/mol. The Bertz CT molecular complexity index is 1630. The van der Waals surface area contributed by atoms with Gasteiger partial charge in [0.05, 0.1) is 0 Å². The van der Waals surface area contributed by atoms with Gasteiger partial charge in [-0.2, -0.15) is 0 Å². The molecule has 0 saturated carbocycles. The third kappa shape index (κ3) is 6.23. The zero-order valence-electron chi connectivity index (χ0n) is 23.7. The summed E-state index contributed by atoms with van der Waals surface area (Å²) in [5.41, 5.74) is 5.31. The Kier molecular flexibility index (Phi) is 8.48. The summed E-state index contributed by atoms with van der Waals surface area (Å²) in [5, 5.41) is 12.8. The first-order valence-electron chi connectivity index (χ1n) is 14.4. The summed E-state index contributed by atoms with van der Waals surface area (Å²) in [6.07, 6.45) is 0. The Morgan fingerprint density at radius 3 is 1.34 bits per heavy atom. The highest BCUT2D eigenvalue weighted by Gasteiger charge is 2.13. The van der Waals surface area contributed by atoms with Crippen molar-refractivity contribution in [3.63, 3.8) is 0 Å². The van der Waals surface area contributed by atoms with Crippen molar-refractivity contribution in [1.82, 2.24) is 10.6 Å². The monoisotopic (exact) mass is 552 g/mol. The molecule has 0 spiro atoms. The third-order valence-electron chi connectivity index (χ3n) is 7.94. The molecule has 0 radical (unpaired) electrons. The molecule has 0 fully saturated rings. The van der Waals surface area contributed by atoms with Gasteiger partial charge in [0, 0.05) is 35.0 Å². The smallest absolute Gasteiger partial charge is 0.0301 e. The summed E-state index contributed by atoms with van der Waals surface area (Å²) < 4.78 is 0. The molecule has 6 aromatic carbocycles. The van der Waals surface area contributed by atoms with Crippen molar-refractivity contribution in [3.8, 4) is 0 Å². The second-order valence-electron chi connectivity index (χ2n) is 10.7. The Balaban J connectivity index is 1.16. The van der Waals surface area contributed by atoms with Crippen LogP contribution in [0.3, 0.4) is 0 Å². The lowest BCUT2D eigenvalue weighted by Crippen LogP contribution is -2.19. The Hall–Kier alpha value is -3.89. The molecule has 0 heterocycles. The first kappa shape index (κ1) is 27.3. The molecule has 2 N–H and O–H groups in total. The van der Waals surface area contributed by atoms with E-state index >= 15 is 0 Å². The summed E-state index contributed by atoms with van der Waals surface area (Å²) >= 11 is 1.86. The van der Waals surface area contributed by atoms with E-state index in [4.69, 9.17) is 0 Å². The summed E-state index contributed by atoms with van der Waals surface area (Å²) in [5.74, 6) is 0. The van der Waals surface area contributed by atoms with Gasteiger partial charge >= 0.3 is 0 Å².